The van der Waals surface area contributed by atoms with Crippen LogP contribution in [0.5, 0.6) is 0 Å². The normalized spacial score (nSPS) is 12.8. The van der Waals surface area contributed by atoms with Crippen molar-refractivity contribution in [1.29, 1.82) is 0 Å². The number of hydrogen-bond donors (Lipinski definition) is 3. The molecule has 2 aromatic carbocycles. The molecule has 0 heterocycles. The van der Waals surface area contributed by atoms with Crippen molar-refractivity contribution >= 4 is 35.6 Å². The Labute approximate surface area is 160 Å². The largest absolute Gasteiger partial charge is 0.326 e. The molecule has 1 fully saturated rings. The molecular formula is C20H24ClN3O2. The quantitative estimate of drug-likeness (QED) is 0.691. The zero-order valence-corrected chi connectivity index (χ0v) is 15.6. The first-order valence-electron chi connectivity index (χ1n) is 8.68. The number of para-hydroxylation sites is 1. The fraction of sp³-hybridized carbons (Fsp3) is 0.300. The standard InChI is InChI=1S/C20H23N3O2.ClH/c1-2-21-13-16-5-3-4-6-18(16)23-20(25)15-9-11-17(12-10-15)22-19(24)14-7-8-14;/h3-6,9-12,14,21H,2,7-8,13H2,1H3,(H,22,24)(H,23,25);1H. The average molecular weight is 374 g/mol. The SMILES string of the molecule is CCNCc1ccccc1NC(=O)c1ccc(NC(=O)C2CC2)cc1.Cl. The Bertz CT molecular complexity index is 758. The number of hydrogen-bond acceptors (Lipinski definition) is 3. The van der Waals surface area contributed by atoms with Gasteiger partial charge in [-0.1, -0.05) is 25.1 Å². The minimum Gasteiger partial charge on any atom is -0.326 e. The number of carbonyl (C=O) groups is 2. The van der Waals surface area contributed by atoms with E-state index < -0.39 is 0 Å². The first kappa shape index (κ1) is 19.9. The van der Waals surface area contributed by atoms with Gasteiger partial charge in [0.25, 0.3) is 5.91 Å². The molecule has 2 aromatic rings. The summed E-state index contributed by atoms with van der Waals surface area (Å²) in [6.07, 6.45) is 1.94. The lowest BCUT2D eigenvalue weighted by molar-refractivity contribution is -0.117. The van der Waals surface area contributed by atoms with E-state index in [9.17, 15) is 9.59 Å². The zero-order valence-electron chi connectivity index (χ0n) is 14.7. The highest BCUT2D eigenvalue weighted by molar-refractivity contribution is 6.05. The zero-order chi connectivity index (χ0) is 17.6. The lowest BCUT2D eigenvalue weighted by Gasteiger charge is -2.12. The molecule has 1 aliphatic rings. The van der Waals surface area contributed by atoms with E-state index in [-0.39, 0.29) is 30.1 Å². The van der Waals surface area contributed by atoms with Crippen molar-refractivity contribution in [2.45, 2.75) is 26.3 Å². The summed E-state index contributed by atoms with van der Waals surface area (Å²) in [5.41, 5.74) is 3.13. The molecule has 0 aliphatic heterocycles. The molecule has 0 spiro atoms. The molecule has 6 heteroatoms. The van der Waals surface area contributed by atoms with E-state index >= 15 is 0 Å². The smallest absolute Gasteiger partial charge is 0.255 e. The van der Waals surface area contributed by atoms with E-state index in [1.54, 1.807) is 24.3 Å². The van der Waals surface area contributed by atoms with Crippen LogP contribution in [0.2, 0.25) is 0 Å². The molecule has 0 unspecified atom stereocenters. The van der Waals surface area contributed by atoms with Gasteiger partial charge in [0.15, 0.2) is 0 Å². The number of amides is 2. The summed E-state index contributed by atoms with van der Waals surface area (Å²) < 4.78 is 0. The van der Waals surface area contributed by atoms with Crippen molar-refractivity contribution in [2.24, 2.45) is 5.92 Å². The molecule has 0 bridgehead atoms. The second kappa shape index (κ2) is 9.36. The van der Waals surface area contributed by atoms with Gasteiger partial charge in [-0.2, -0.15) is 0 Å². The van der Waals surface area contributed by atoms with Gasteiger partial charge in [-0.05, 0) is 55.3 Å². The van der Waals surface area contributed by atoms with E-state index in [2.05, 4.69) is 16.0 Å². The molecule has 1 aliphatic carbocycles. The molecule has 3 N–H and O–H groups in total. The predicted octanol–water partition coefficient (Wildman–Crippen LogP) is 3.82. The van der Waals surface area contributed by atoms with Crippen LogP contribution >= 0.6 is 12.4 Å². The average Bonchev–Trinajstić information content (AvgIpc) is 3.47. The fourth-order valence-corrected chi connectivity index (χ4v) is 2.55. The molecule has 1 saturated carbocycles. The molecule has 138 valence electrons. The molecule has 0 atom stereocenters. The van der Waals surface area contributed by atoms with E-state index in [0.29, 0.717) is 12.1 Å². The maximum atomic E-state index is 12.5. The van der Waals surface area contributed by atoms with E-state index in [1.165, 1.54) is 0 Å². The van der Waals surface area contributed by atoms with Crippen LogP contribution in [0.4, 0.5) is 11.4 Å². The number of anilines is 2. The summed E-state index contributed by atoms with van der Waals surface area (Å²) in [7, 11) is 0. The van der Waals surface area contributed by atoms with Gasteiger partial charge in [0, 0.05) is 29.4 Å². The van der Waals surface area contributed by atoms with Crippen LogP contribution in [0.15, 0.2) is 48.5 Å². The van der Waals surface area contributed by atoms with Gasteiger partial charge in [-0.25, -0.2) is 0 Å². The Morgan fingerprint density at radius 3 is 2.35 bits per heavy atom. The van der Waals surface area contributed by atoms with Gasteiger partial charge in [0.05, 0.1) is 0 Å². The Hall–Kier alpha value is -2.37. The second-order valence-corrected chi connectivity index (χ2v) is 6.23. The molecule has 0 aromatic heterocycles. The van der Waals surface area contributed by atoms with Gasteiger partial charge >= 0.3 is 0 Å². The van der Waals surface area contributed by atoms with Crippen molar-refractivity contribution in [3.8, 4) is 0 Å². The Balaban J connectivity index is 0.00000243. The van der Waals surface area contributed by atoms with E-state index in [0.717, 1.165) is 36.3 Å². The van der Waals surface area contributed by atoms with Crippen LogP contribution in [-0.4, -0.2) is 18.4 Å². The number of halogens is 1. The van der Waals surface area contributed by atoms with E-state index in [1.807, 2.05) is 31.2 Å². The summed E-state index contributed by atoms with van der Waals surface area (Å²) >= 11 is 0. The third-order valence-electron chi connectivity index (χ3n) is 4.19. The Kier molecular flexibility index (Phi) is 7.18. The van der Waals surface area contributed by atoms with Crippen molar-refractivity contribution in [2.75, 3.05) is 17.2 Å². The van der Waals surface area contributed by atoms with Crippen molar-refractivity contribution in [3.63, 3.8) is 0 Å². The number of nitrogens with one attached hydrogen (secondary N) is 3. The maximum absolute atomic E-state index is 12.5. The van der Waals surface area contributed by atoms with Crippen molar-refractivity contribution in [3.05, 3.63) is 59.7 Å². The third kappa shape index (κ3) is 5.31. The van der Waals surface area contributed by atoms with Crippen LogP contribution in [0.25, 0.3) is 0 Å². The van der Waals surface area contributed by atoms with Gasteiger partial charge in [0.1, 0.15) is 0 Å². The third-order valence-corrected chi connectivity index (χ3v) is 4.19. The first-order chi connectivity index (χ1) is 12.2. The van der Waals surface area contributed by atoms with Gasteiger partial charge in [0.2, 0.25) is 5.91 Å². The van der Waals surface area contributed by atoms with Crippen LogP contribution in [0, 0.1) is 5.92 Å². The summed E-state index contributed by atoms with van der Waals surface area (Å²) in [6, 6.07) is 14.7. The van der Waals surface area contributed by atoms with Crippen LogP contribution in [-0.2, 0) is 11.3 Å². The topological polar surface area (TPSA) is 70.2 Å². The Morgan fingerprint density at radius 1 is 1.00 bits per heavy atom. The minimum absolute atomic E-state index is 0. The highest BCUT2D eigenvalue weighted by Gasteiger charge is 2.29. The monoisotopic (exact) mass is 373 g/mol. The van der Waals surface area contributed by atoms with Crippen LogP contribution in [0.1, 0.15) is 35.7 Å². The maximum Gasteiger partial charge on any atom is 0.255 e. The number of carbonyl (C=O) groups excluding carboxylic acids is 2. The van der Waals surface area contributed by atoms with Crippen LogP contribution < -0.4 is 16.0 Å². The predicted molar refractivity (Wildman–Crippen MR) is 107 cm³/mol. The fourth-order valence-electron chi connectivity index (χ4n) is 2.55. The number of rotatable bonds is 7. The highest BCUT2D eigenvalue weighted by Crippen LogP contribution is 2.30. The summed E-state index contributed by atoms with van der Waals surface area (Å²) in [6.45, 7) is 3.63. The lowest BCUT2D eigenvalue weighted by Crippen LogP contribution is -2.17. The molecule has 5 nitrogen and oxygen atoms in total. The van der Waals surface area contributed by atoms with E-state index in [4.69, 9.17) is 0 Å². The lowest BCUT2D eigenvalue weighted by atomic mass is 10.1. The van der Waals surface area contributed by atoms with Gasteiger partial charge in [-0.15, -0.1) is 12.4 Å². The highest BCUT2D eigenvalue weighted by atomic mass is 35.5. The molecule has 2 amide bonds. The van der Waals surface area contributed by atoms with Crippen LogP contribution in [0.3, 0.4) is 0 Å². The molecule has 0 radical (unpaired) electrons. The summed E-state index contributed by atoms with van der Waals surface area (Å²) in [4.78, 5) is 24.2. The first-order valence-corrected chi connectivity index (χ1v) is 8.68. The second-order valence-electron chi connectivity index (χ2n) is 6.23. The van der Waals surface area contributed by atoms with Gasteiger partial charge < -0.3 is 16.0 Å². The molecule has 3 rings (SSSR count). The molecule has 26 heavy (non-hydrogen) atoms. The Morgan fingerprint density at radius 2 is 1.69 bits per heavy atom. The van der Waals surface area contributed by atoms with Crippen molar-refractivity contribution < 1.29 is 9.59 Å². The minimum atomic E-state index is -0.163. The molecular weight excluding hydrogens is 350 g/mol. The van der Waals surface area contributed by atoms with Crippen molar-refractivity contribution in [1.82, 2.24) is 5.32 Å². The van der Waals surface area contributed by atoms with Gasteiger partial charge in [-0.3, -0.25) is 9.59 Å². The molecule has 0 saturated heterocycles. The summed E-state index contributed by atoms with van der Waals surface area (Å²) in [5, 5.41) is 9.10. The summed E-state index contributed by atoms with van der Waals surface area (Å²) in [5.74, 6) is 0.0646. The number of benzene rings is 2.